The van der Waals surface area contributed by atoms with E-state index in [0.29, 0.717) is 24.9 Å². The first kappa shape index (κ1) is 13.0. The number of fused-ring (bicyclic) bond motifs is 1. The van der Waals surface area contributed by atoms with Gasteiger partial charge in [0.05, 0.1) is 18.8 Å². The van der Waals surface area contributed by atoms with E-state index in [-0.39, 0.29) is 5.92 Å². The topological polar surface area (TPSA) is 49.3 Å². The molecule has 0 atom stereocenters. The van der Waals surface area contributed by atoms with Crippen LogP contribution in [0.1, 0.15) is 43.3 Å². The molecule has 0 N–H and O–H groups in total. The number of hydrogen-bond acceptors (Lipinski definition) is 4. The lowest BCUT2D eigenvalue weighted by Gasteiger charge is -2.34. The van der Waals surface area contributed by atoms with Crippen molar-refractivity contribution in [2.24, 2.45) is 11.8 Å². The molecule has 0 unspecified atom stereocenters. The van der Waals surface area contributed by atoms with E-state index in [9.17, 15) is 4.79 Å². The summed E-state index contributed by atoms with van der Waals surface area (Å²) in [6, 6.07) is 0. The van der Waals surface area contributed by atoms with Gasteiger partial charge in [-0.1, -0.05) is 6.92 Å². The Kier molecular flexibility index (Phi) is 2.91. The van der Waals surface area contributed by atoms with Crippen LogP contribution in [0.15, 0.2) is 0 Å². The number of carbonyl (C=O) groups is 1. The number of aryl methyl sites for hydroxylation is 1. The molecule has 0 bridgehead atoms. The Morgan fingerprint density at radius 3 is 2.57 bits per heavy atom. The van der Waals surface area contributed by atoms with E-state index in [1.807, 2.05) is 11.8 Å². The second kappa shape index (κ2) is 4.68. The molecule has 1 amide bonds. The highest BCUT2D eigenvalue weighted by molar-refractivity contribution is 5.80. The number of aromatic nitrogens is 2. The van der Waals surface area contributed by atoms with Crippen molar-refractivity contribution in [3.8, 4) is 0 Å². The first-order valence-electron chi connectivity index (χ1n) is 8.02. The molecule has 1 aromatic heterocycles. The number of amides is 1. The summed E-state index contributed by atoms with van der Waals surface area (Å²) < 4.78 is 0. The number of rotatable bonds is 2. The molecule has 2 fully saturated rings. The van der Waals surface area contributed by atoms with Gasteiger partial charge in [0.1, 0.15) is 11.6 Å². The second-order valence-electron chi connectivity index (χ2n) is 6.83. The molecule has 0 spiro atoms. The molecule has 4 rings (SSSR count). The van der Waals surface area contributed by atoms with Gasteiger partial charge < -0.3 is 9.80 Å². The molecule has 1 aromatic rings. The van der Waals surface area contributed by atoms with Gasteiger partial charge in [-0.3, -0.25) is 4.79 Å². The third kappa shape index (κ3) is 2.10. The normalized spacial score (nSPS) is 27.1. The SMILES string of the molecule is Cc1nc2c(c(N3CCC3)n1)CN(C(=O)C1CC(C)C1)C2. The van der Waals surface area contributed by atoms with Gasteiger partial charge in [-0.15, -0.1) is 0 Å². The van der Waals surface area contributed by atoms with Gasteiger partial charge in [0.25, 0.3) is 0 Å². The number of anilines is 1. The first-order valence-corrected chi connectivity index (χ1v) is 8.02. The lowest BCUT2D eigenvalue weighted by molar-refractivity contribution is -0.140. The van der Waals surface area contributed by atoms with Gasteiger partial charge in [-0.25, -0.2) is 9.97 Å². The maximum absolute atomic E-state index is 12.6. The van der Waals surface area contributed by atoms with Crippen LogP contribution in [0.4, 0.5) is 5.82 Å². The lowest BCUT2D eigenvalue weighted by Crippen LogP contribution is -2.39. The summed E-state index contributed by atoms with van der Waals surface area (Å²) in [5, 5.41) is 0. The molecule has 1 aliphatic carbocycles. The largest absolute Gasteiger partial charge is 0.356 e. The highest BCUT2D eigenvalue weighted by atomic mass is 16.2. The van der Waals surface area contributed by atoms with Gasteiger partial charge in [0.15, 0.2) is 0 Å². The van der Waals surface area contributed by atoms with Crippen LogP contribution in [0.5, 0.6) is 0 Å². The highest BCUT2D eigenvalue weighted by Crippen LogP contribution is 2.37. The second-order valence-corrected chi connectivity index (χ2v) is 6.83. The Balaban J connectivity index is 1.56. The average Bonchev–Trinajstić information content (AvgIpc) is 2.75. The molecule has 1 saturated carbocycles. The van der Waals surface area contributed by atoms with E-state index in [0.717, 1.165) is 43.3 Å². The molecule has 3 aliphatic rings. The van der Waals surface area contributed by atoms with E-state index >= 15 is 0 Å². The molecule has 5 nitrogen and oxygen atoms in total. The van der Waals surface area contributed by atoms with Crippen LogP contribution in [0.3, 0.4) is 0 Å². The Labute approximate surface area is 125 Å². The minimum absolute atomic E-state index is 0.246. The zero-order valence-corrected chi connectivity index (χ0v) is 12.8. The molecular weight excluding hydrogens is 264 g/mol. The lowest BCUT2D eigenvalue weighted by atomic mass is 9.75. The van der Waals surface area contributed by atoms with E-state index in [1.54, 1.807) is 0 Å². The smallest absolute Gasteiger partial charge is 0.226 e. The Bertz CT molecular complexity index is 590. The molecule has 5 heteroatoms. The van der Waals surface area contributed by atoms with E-state index in [1.165, 1.54) is 12.0 Å². The van der Waals surface area contributed by atoms with E-state index in [4.69, 9.17) is 0 Å². The van der Waals surface area contributed by atoms with Crippen LogP contribution in [0, 0.1) is 18.8 Å². The summed E-state index contributed by atoms with van der Waals surface area (Å²) >= 11 is 0. The molecule has 112 valence electrons. The van der Waals surface area contributed by atoms with Gasteiger partial charge in [0, 0.05) is 24.6 Å². The van der Waals surface area contributed by atoms with Gasteiger partial charge in [-0.05, 0) is 32.1 Å². The third-order valence-corrected chi connectivity index (χ3v) is 5.06. The van der Waals surface area contributed by atoms with Gasteiger partial charge >= 0.3 is 0 Å². The summed E-state index contributed by atoms with van der Waals surface area (Å²) in [6.07, 6.45) is 3.34. The van der Waals surface area contributed by atoms with Crippen molar-refractivity contribution in [3.63, 3.8) is 0 Å². The molecule has 0 aromatic carbocycles. The Morgan fingerprint density at radius 2 is 1.95 bits per heavy atom. The van der Waals surface area contributed by atoms with Crippen molar-refractivity contribution in [1.82, 2.24) is 14.9 Å². The quantitative estimate of drug-likeness (QED) is 0.833. The zero-order valence-electron chi connectivity index (χ0n) is 12.8. The summed E-state index contributed by atoms with van der Waals surface area (Å²) in [5.41, 5.74) is 2.24. The zero-order chi connectivity index (χ0) is 14.6. The summed E-state index contributed by atoms with van der Waals surface area (Å²) in [4.78, 5) is 26.1. The van der Waals surface area contributed by atoms with Crippen molar-refractivity contribution in [3.05, 3.63) is 17.1 Å². The fourth-order valence-corrected chi connectivity index (χ4v) is 3.67. The third-order valence-electron chi connectivity index (χ3n) is 5.06. The average molecular weight is 286 g/mol. The highest BCUT2D eigenvalue weighted by Gasteiger charge is 2.38. The number of carbonyl (C=O) groups excluding carboxylic acids is 1. The number of nitrogens with zero attached hydrogens (tertiary/aromatic N) is 4. The summed E-state index contributed by atoms with van der Waals surface area (Å²) in [6.45, 7) is 7.70. The number of hydrogen-bond donors (Lipinski definition) is 0. The van der Waals surface area contributed by atoms with E-state index < -0.39 is 0 Å². The molecule has 1 saturated heterocycles. The molecule has 3 heterocycles. The fraction of sp³-hybridized carbons (Fsp3) is 0.688. The summed E-state index contributed by atoms with van der Waals surface area (Å²) in [5.74, 6) is 3.17. The standard InChI is InChI=1S/C16H22N4O/c1-10-6-12(7-10)16(21)20-8-13-14(9-20)17-11(2)18-15(13)19-4-3-5-19/h10,12H,3-9H2,1-2H3. The predicted molar refractivity (Wildman–Crippen MR) is 79.7 cm³/mol. The van der Waals surface area contributed by atoms with Crippen molar-refractivity contribution in [2.45, 2.75) is 46.2 Å². The van der Waals surface area contributed by atoms with Crippen LogP contribution >= 0.6 is 0 Å². The Hall–Kier alpha value is -1.65. The van der Waals surface area contributed by atoms with E-state index in [2.05, 4.69) is 21.8 Å². The molecule has 21 heavy (non-hydrogen) atoms. The van der Waals surface area contributed by atoms with Crippen LogP contribution in [-0.4, -0.2) is 33.9 Å². The maximum Gasteiger partial charge on any atom is 0.226 e. The van der Waals surface area contributed by atoms with Crippen LogP contribution in [0.2, 0.25) is 0 Å². The monoisotopic (exact) mass is 286 g/mol. The first-order chi connectivity index (χ1) is 10.1. The fourth-order valence-electron chi connectivity index (χ4n) is 3.67. The van der Waals surface area contributed by atoms with Crippen LogP contribution in [-0.2, 0) is 17.9 Å². The maximum atomic E-state index is 12.6. The van der Waals surface area contributed by atoms with Crippen LogP contribution in [0.25, 0.3) is 0 Å². The predicted octanol–water partition coefficient (Wildman–Crippen LogP) is 1.88. The Morgan fingerprint density at radius 1 is 1.19 bits per heavy atom. The van der Waals surface area contributed by atoms with Gasteiger partial charge in [-0.2, -0.15) is 0 Å². The minimum atomic E-state index is 0.246. The molecule has 2 aliphatic heterocycles. The molecule has 0 radical (unpaired) electrons. The molecular formula is C16H22N4O. The van der Waals surface area contributed by atoms with Gasteiger partial charge in [0.2, 0.25) is 5.91 Å². The summed E-state index contributed by atoms with van der Waals surface area (Å²) in [7, 11) is 0. The van der Waals surface area contributed by atoms with Crippen molar-refractivity contribution >= 4 is 11.7 Å². The van der Waals surface area contributed by atoms with Crippen LogP contribution < -0.4 is 4.90 Å². The van der Waals surface area contributed by atoms with Crippen molar-refractivity contribution in [1.29, 1.82) is 0 Å². The minimum Gasteiger partial charge on any atom is -0.356 e. The van der Waals surface area contributed by atoms with Crippen molar-refractivity contribution in [2.75, 3.05) is 18.0 Å². The van der Waals surface area contributed by atoms with Crippen molar-refractivity contribution < 1.29 is 4.79 Å².